The molecule has 130 valence electrons. The van der Waals surface area contributed by atoms with Gasteiger partial charge in [0.05, 0.1) is 21.3 Å². The number of nitrogens with two attached hydrogens (primary N) is 1. The molecule has 0 fully saturated rings. The summed E-state index contributed by atoms with van der Waals surface area (Å²) in [5.74, 6) is 2.42. The number of pyridine rings is 1. The Morgan fingerprint density at radius 3 is 2.17 bits per heavy atom. The first-order valence-electron chi connectivity index (χ1n) is 6.96. The van der Waals surface area contributed by atoms with Gasteiger partial charge in [-0.3, -0.25) is 5.32 Å². The van der Waals surface area contributed by atoms with Crippen LogP contribution in [0.2, 0.25) is 0 Å². The molecule has 1 aromatic heterocycles. The van der Waals surface area contributed by atoms with Gasteiger partial charge >= 0.3 is 0 Å². The summed E-state index contributed by atoms with van der Waals surface area (Å²) in [6.45, 7) is 0.425. The van der Waals surface area contributed by atoms with E-state index < -0.39 is 10.0 Å². The Hall–Kier alpha value is -2.52. The molecule has 0 bridgehead atoms. The summed E-state index contributed by atoms with van der Waals surface area (Å²) in [4.78, 5) is 2.85. The average Bonchev–Trinajstić information content (AvgIpc) is 2.58. The zero-order chi connectivity index (χ0) is 17.7. The zero-order valence-corrected chi connectivity index (χ0v) is 14.4. The van der Waals surface area contributed by atoms with Gasteiger partial charge in [0.2, 0.25) is 10.0 Å². The molecule has 1 heterocycles. The van der Waals surface area contributed by atoms with Crippen LogP contribution in [0.25, 0.3) is 0 Å². The molecule has 2 rings (SSSR count). The van der Waals surface area contributed by atoms with Crippen molar-refractivity contribution in [2.45, 2.75) is 11.4 Å². The third-order valence-corrected chi connectivity index (χ3v) is 4.28. The van der Waals surface area contributed by atoms with Gasteiger partial charge in [0.15, 0.2) is 11.5 Å². The molecule has 0 unspecified atom stereocenters. The molecule has 24 heavy (non-hydrogen) atoms. The zero-order valence-electron chi connectivity index (χ0n) is 13.6. The number of aromatic amines is 1. The molecule has 0 atom stereocenters. The summed E-state index contributed by atoms with van der Waals surface area (Å²) in [5.41, 5.74) is 0.846. The van der Waals surface area contributed by atoms with Gasteiger partial charge in [-0.1, -0.05) is 0 Å². The Bertz CT molecular complexity index is 807. The number of H-pyrrole nitrogens is 1. The topological polar surface area (TPSA) is 114 Å². The highest BCUT2D eigenvalue weighted by Crippen LogP contribution is 2.34. The highest BCUT2D eigenvalue weighted by Gasteiger charge is 2.14. The van der Waals surface area contributed by atoms with Crippen molar-refractivity contribution in [1.29, 1.82) is 0 Å². The summed E-state index contributed by atoms with van der Waals surface area (Å²) in [7, 11) is 0.953. The number of ether oxygens (including phenoxy) is 3. The van der Waals surface area contributed by atoms with Gasteiger partial charge in [0.25, 0.3) is 5.82 Å². The maximum Gasteiger partial charge on any atom is 0.272 e. The molecule has 0 aliphatic rings. The molecule has 0 aliphatic heterocycles. The number of sulfonamides is 1. The van der Waals surface area contributed by atoms with E-state index in [1.54, 1.807) is 33.5 Å². The van der Waals surface area contributed by atoms with Crippen molar-refractivity contribution in [3.63, 3.8) is 0 Å². The number of hydrogen-bond acceptors (Lipinski definition) is 6. The number of hydrogen-bond donors (Lipinski definition) is 2. The fourth-order valence-electron chi connectivity index (χ4n) is 2.12. The van der Waals surface area contributed by atoms with E-state index in [1.165, 1.54) is 12.3 Å². The van der Waals surface area contributed by atoms with E-state index in [9.17, 15) is 8.42 Å². The molecule has 8 nitrogen and oxygen atoms in total. The van der Waals surface area contributed by atoms with Crippen LogP contribution < -0.4 is 29.7 Å². The highest BCUT2D eigenvalue weighted by molar-refractivity contribution is 7.89. The molecule has 0 saturated carbocycles. The van der Waals surface area contributed by atoms with Gasteiger partial charge in [0.1, 0.15) is 23.4 Å². The van der Waals surface area contributed by atoms with Crippen LogP contribution in [0, 0.1) is 0 Å². The second-order valence-electron chi connectivity index (χ2n) is 4.86. The van der Waals surface area contributed by atoms with Crippen molar-refractivity contribution in [3.05, 3.63) is 36.0 Å². The summed E-state index contributed by atoms with van der Waals surface area (Å²) >= 11 is 0. The van der Waals surface area contributed by atoms with Crippen molar-refractivity contribution in [3.8, 4) is 17.2 Å². The maximum absolute atomic E-state index is 11.2. The van der Waals surface area contributed by atoms with E-state index in [0.717, 1.165) is 5.56 Å². The van der Waals surface area contributed by atoms with Gasteiger partial charge < -0.3 is 14.2 Å². The Morgan fingerprint density at radius 2 is 1.67 bits per heavy atom. The number of benzene rings is 1. The third kappa shape index (κ3) is 4.06. The quantitative estimate of drug-likeness (QED) is 0.760. The molecule has 9 heteroatoms. The van der Waals surface area contributed by atoms with E-state index in [1.807, 2.05) is 6.07 Å². The lowest BCUT2D eigenvalue weighted by Crippen LogP contribution is -2.18. The smallest absolute Gasteiger partial charge is 0.272 e. The highest BCUT2D eigenvalue weighted by atomic mass is 32.2. The maximum atomic E-state index is 11.2. The van der Waals surface area contributed by atoms with Crippen LogP contribution in [0.4, 0.5) is 5.82 Å². The van der Waals surface area contributed by atoms with Crippen LogP contribution in [0.15, 0.2) is 35.4 Å². The lowest BCUT2D eigenvalue weighted by Gasteiger charge is -2.13. The van der Waals surface area contributed by atoms with Crippen LogP contribution >= 0.6 is 0 Å². The summed E-state index contributed by atoms with van der Waals surface area (Å²) in [6.07, 6.45) is 1.32. The largest absolute Gasteiger partial charge is 0.496 e. The predicted octanol–water partition coefficient (Wildman–Crippen LogP) is 0.786. The first-order chi connectivity index (χ1) is 11.4. The summed E-state index contributed by atoms with van der Waals surface area (Å²) in [6, 6.07) is 6.56. The fraction of sp³-hybridized carbons (Fsp3) is 0.267. The second-order valence-corrected chi connectivity index (χ2v) is 6.42. The van der Waals surface area contributed by atoms with Crippen molar-refractivity contribution in [1.82, 2.24) is 0 Å². The van der Waals surface area contributed by atoms with Gasteiger partial charge in [-0.25, -0.2) is 18.5 Å². The van der Waals surface area contributed by atoms with Crippen LogP contribution in [-0.4, -0.2) is 29.7 Å². The average molecular weight is 354 g/mol. The Morgan fingerprint density at radius 1 is 1.04 bits per heavy atom. The molecule has 0 radical (unpaired) electrons. The molecule has 1 aromatic carbocycles. The van der Waals surface area contributed by atoms with Crippen molar-refractivity contribution >= 4 is 15.8 Å². The summed E-state index contributed by atoms with van der Waals surface area (Å²) < 4.78 is 38.4. The molecule has 4 N–H and O–H groups in total. The SMILES string of the molecule is COc1cc(OC)c(OC)cc1CNc1ccc(S(N)(=O)=O)c[nH+]1. The molecule has 0 spiro atoms. The number of nitrogens with one attached hydrogen (secondary N) is 2. The van der Waals surface area contributed by atoms with Crippen molar-refractivity contribution < 1.29 is 27.6 Å². The molecular formula is C15H20N3O5S+. The normalized spacial score (nSPS) is 11.0. The molecular weight excluding hydrogens is 334 g/mol. The van der Waals surface area contributed by atoms with Gasteiger partial charge in [-0.2, -0.15) is 0 Å². The first kappa shape index (κ1) is 17.8. The van der Waals surface area contributed by atoms with Gasteiger partial charge in [-0.05, 0) is 12.1 Å². The van der Waals surface area contributed by atoms with E-state index >= 15 is 0 Å². The predicted molar refractivity (Wildman–Crippen MR) is 87.8 cm³/mol. The van der Waals surface area contributed by atoms with E-state index in [-0.39, 0.29) is 4.90 Å². The minimum Gasteiger partial charge on any atom is -0.496 e. The number of rotatable bonds is 7. The van der Waals surface area contributed by atoms with Crippen LogP contribution in [-0.2, 0) is 16.6 Å². The molecule has 2 aromatic rings. The van der Waals surface area contributed by atoms with E-state index in [4.69, 9.17) is 19.3 Å². The van der Waals surface area contributed by atoms with Crippen LogP contribution in [0.1, 0.15) is 5.56 Å². The minimum atomic E-state index is -3.72. The Balaban J connectivity index is 2.19. The monoisotopic (exact) mass is 354 g/mol. The van der Waals surface area contributed by atoms with Crippen molar-refractivity contribution in [2.24, 2.45) is 5.14 Å². The minimum absolute atomic E-state index is 0.0109. The lowest BCUT2D eigenvalue weighted by molar-refractivity contribution is -0.364. The second kappa shape index (κ2) is 7.37. The molecule has 0 saturated heterocycles. The lowest BCUT2D eigenvalue weighted by atomic mass is 10.1. The van der Waals surface area contributed by atoms with Crippen LogP contribution in [0.3, 0.4) is 0 Å². The number of anilines is 1. The molecule has 0 aliphatic carbocycles. The molecule has 0 amide bonds. The summed E-state index contributed by atoms with van der Waals surface area (Å²) in [5, 5.41) is 8.19. The fourth-order valence-corrected chi connectivity index (χ4v) is 2.60. The standard InChI is InChI=1S/C15H19N3O5S/c1-21-12-7-14(23-3)13(22-2)6-10(12)8-17-15-5-4-11(9-18-15)24(16,19)20/h4-7,9H,8H2,1-3H3,(H,17,18)(H2,16,19,20)/p+1. The first-order valence-corrected chi connectivity index (χ1v) is 8.51. The Kier molecular flexibility index (Phi) is 5.47. The van der Waals surface area contributed by atoms with Crippen LogP contribution in [0.5, 0.6) is 17.2 Å². The number of aromatic nitrogens is 1. The number of primary sulfonamides is 1. The third-order valence-electron chi connectivity index (χ3n) is 3.37. The Labute approximate surface area is 140 Å². The van der Waals surface area contributed by atoms with Crippen molar-refractivity contribution in [2.75, 3.05) is 26.6 Å². The van der Waals surface area contributed by atoms with Gasteiger partial charge in [-0.15, -0.1) is 0 Å². The van der Waals surface area contributed by atoms with Gasteiger partial charge in [0, 0.05) is 17.7 Å². The van der Waals surface area contributed by atoms with E-state index in [2.05, 4.69) is 10.3 Å². The number of methoxy groups -OCH3 is 3. The van der Waals surface area contributed by atoms with E-state index in [0.29, 0.717) is 29.6 Å².